The molecule has 0 saturated carbocycles. The van der Waals surface area contributed by atoms with Gasteiger partial charge in [-0.2, -0.15) is 0 Å². The number of para-hydroxylation sites is 1. The molecular formula is C78H85N21O6. The number of piperazine rings is 3. The third-order valence-corrected chi connectivity index (χ3v) is 19.4. The molecule has 3 saturated heterocycles. The fourth-order valence-electron chi connectivity index (χ4n) is 13.6. The van der Waals surface area contributed by atoms with E-state index in [1.165, 1.54) is 27.9 Å². The number of ether oxygens (including phenoxy) is 6. The van der Waals surface area contributed by atoms with Gasteiger partial charge in [0.1, 0.15) is 36.4 Å². The van der Waals surface area contributed by atoms with Crippen molar-refractivity contribution in [3.63, 3.8) is 0 Å². The van der Waals surface area contributed by atoms with Gasteiger partial charge >= 0.3 is 0 Å². The fraction of sp³-hybridized carbons (Fsp3) is 0.308. The van der Waals surface area contributed by atoms with Crippen molar-refractivity contribution in [3.05, 3.63) is 194 Å². The first-order valence-corrected chi connectivity index (χ1v) is 35.0. The second kappa shape index (κ2) is 32.3. The van der Waals surface area contributed by atoms with Crippen LogP contribution in [0.25, 0.3) is 32.7 Å². The van der Waals surface area contributed by atoms with Crippen LogP contribution in [0.5, 0.6) is 34.5 Å². The maximum absolute atomic E-state index is 5.50. The van der Waals surface area contributed by atoms with Crippen LogP contribution in [0, 0.1) is 6.92 Å². The summed E-state index contributed by atoms with van der Waals surface area (Å²) in [6, 6.07) is 38.9. The highest BCUT2D eigenvalue weighted by Crippen LogP contribution is 2.40. The number of aromatic nitrogens is 12. The van der Waals surface area contributed by atoms with Crippen LogP contribution in [0.2, 0.25) is 0 Å². The number of benzene rings is 6. The quantitative estimate of drug-likeness (QED) is 0.0790. The van der Waals surface area contributed by atoms with Crippen LogP contribution in [0.3, 0.4) is 0 Å². The van der Waals surface area contributed by atoms with E-state index in [-0.39, 0.29) is 0 Å². The van der Waals surface area contributed by atoms with Gasteiger partial charge in [0.15, 0.2) is 34.5 Å². The van der Waals surface area contributed by atoms with E-state index in [9.17, 15) is 0 Å². The highest BCUT2D eigenvalue weighted by Gasteiger charge is 2.28. The van der Waals surface area contributed by atoms with Crippen LogP contribution in [0.15, 0.2) is 171 Å². The predicted molar refractivity (Wildman–Crippen MR) is 412 cm³/mol. The third kappa shape index (κ3) is 15.7. The van der Waals surface area contributed by atoms with Crippen molar-refractivity contribution in [2.45, 2.75) is 26.4 Å². The average Bonchev–Trinajstić information content (AvgIpc) is 1.19. The standard InChI is InChI=1S/C26H27N7O2.2C26H29N7O2/c1-34-23-13-20-21(14-24(23)35-2)29-17-30-25(20)31-9-11-32(12-10-31)26-27-15-19(16-28-26)33-8-7-18-5-3-4-6-22(18)33;1-18-4-6-19(7-5-18)14-27-20-15-28-26(29-16-20)33-10-8-32(9-11-33)25-21-12-23(34-2)24(35-3)13-22(21)30-17-31-25;1-31(17-19-7-5-4-6-8-19)20-15-27-26(28-16-20)33-11-9-32(10-12-33)25-21-13-23(34-2)24(35-3)14-22(21)29-18-30-25/h3-6,13-17H,7-12H2,1-2H3;4-7,12-13,15-17,27H,8-11,14H2,1-3H3;4-8,13-16,18H,9-12,17H2,1-3H3. The fourth-order valence-corrected chi connectivity index (χ4v) is 13.6. The Bertz CT molecular complexity index is 4900. The molecule has 538 valence electrons. The molecule has 27 heteroatoms. The number of hydrogen-bond acceptors (Lipinski definition) is 27. The zero-order chi connectivity index (χ0) is 72.2. The minimum Gasteiger partial charge on any atom is -0.493 e. The van der Waals surface area contributed by atoms with Crippen LogP contribution in [-0.4, -0.2) is 195 Å². The molecule has 0 radical (unpaired) electrons. The number of aryl methyl sites for hydroxylation is 1. The molecule has 4 aliphatic rings. The smallest absolute Gasteiger partial charge is 0.225 e. The number of nitrogens with zero attached hydrogens (tertiary/aromatic N) is 20. The molecule has 1 N–H and O–H groups in total. The van der Waals surface area contributed by atoms with Crippen molar-refractivity contribution in [2.24, 2.45) is 0 Å². The second-order valence-corrected chi connectivity index (χ2v) is 25.7. The molecular weight excluding hydrogens is 1330 g/mol. The predicted octanol–water partition coefficient (Wildman–Crippen LogP) is 10.5. The minimum atomic E-state index is 0.656. The Hall–Kier alpha value is -12.4. The molecule has 10 heterocycles. The number of fused-ring (bicyclic) bond motifs is 4. The van der Waals surface area contributed by atoms with Crippen molar-refractivity contribution in [1.29, 1.82) is 0 Å². The van der Waals surface area contributed by atoms with Crippen LogP contribution < -0.4 is 72.9 Å². The molecule has 6 aromatic carbocycles. The first-order valence-electron chi connectivity index (χ1n) is 35.0. The zero-order valence-electron chi connectivity index (χ0n) is 60.4. The van der Waals surface area contributed by atoms with E-state index in [1.54, 1.807) is 61.6 Å². The SMILES string of the molecule is COc1cc2ncnc(N3CCN(c4ncc(N(C)Cc5ccccc5)cn4)CC3)c2cc1OC.COc1cc2ncnc(N3CCN(c4ncc(N5CCc6ccccc65)cn4)CC3)c2cc1OC.COc1cc2ncnc(N3CCN(c4ncc(NCc5ccc(C)cc5)cn4)CC3)c2cc1OC. The molecule has 0 atom stereocenters. The lowest BCUT2D eigenvalue weighted by Crippen LogP contribution is -2.47. The van der Waals surface area contributed by atoms with Crippen LogP contribution in [0.1, 0.15) is 22.3 Å². The highest BCUT2D eigenvalue weighted by molar-refractivity contribution is 5.94. The average molecular weight is 1410 g/mol. The molecule has 105 heavy (non-hydrogen) atoms. The summed E-state index contributed by atoms with van der Waals surface area (Å²) in [5.74, 6) is 8.93. The van der Waals surface area contributed by atoms with E-state index in [0.29, 0.717) is 34.5 Å². The first-order chi connectivity index (χ1) is 51.5. The Morgan fingerprint density at radius 2 is 0.762 bits per heavy atom. The van der Waals surface area contributed by atoms with Crippen molar-refractivity contribution >= 4 is 90.8 Å². The number of methoxy groups -OCH3 is 6. The third-order valence-electron chi connectivity index (χ3n) is 19.4. The van der Waals surface area contributed by atoms with E-state index in [4.69, 9.17) is 38.4 Å². The van der Waals surface area contributed by atoms with Crippen LogP contribution in [0.4, 0.5) is 58.0 Å². The summed E-state index contributed by atoms with van der Waals surface area (Å²) in [5.41, 5.74) is 11.8. The van der Waals surface area contributed by atoms with Gasteiger partial charge < -0.3 is 72.9 Å². The van der Waals surface area contributed by atoms with Gasteiger partial charge in [0.05, 0.1) is 113 Å². The van der Waals surface area contributed by atoms with Gasteiger partial charge in [-0.05, 0) is 54.3 Å². The van der Waals surface area contributed by atoms with Gasteiger partial charge in [0.25, 0.3) is 0 Å². The summed E-state index contributed by atoms with van der Waals surface area (Å²) in [7, 11) is 11.8. The molecule has 27 nitrogen and oxygen atoms in total. The molecule has 3 fully saturated rings. The van der Waals surface area contributed by atoms with E-state index >= 15 is 0 Å². The number of hydrogen-bond donors (Lipinski definition) is 1. The molecule has 0 amide bonds. The highest BCUT2D eigenvalue weighted by atomic mass is 16.5. The largest absolute Gasteiger partial charge is 0.493 e. The van der Waals surface area contributed by atoms with Gasteiger partial charge in [-0.15, -0.1) is 0 Å². The Kier molecular flexibility index (Phi) is 21.4. The van der Waals surface area contributed by atoms with Crippen molar-refractivity contribution in [3.8, 4) is 34.5 Å². The molecule has 0 bridgehead atoms. The number of anilines is 10. The topological polar surface area (TPSA) is 248 Å². The van der Waals surface area contributed by atoms with E-state index in [0.717, 1.165) is 190 Å². The van der Waals surface area contributed by atoms with Crippen molar-refractivity contribution < 1.29 is 28.4 Å². The van der Waals surface area contributed by atoms with Gasteiger partial charge in [-0.25, -0.2) is 59.8 Å². The summed E-state index contributed by atoms with van der Waals surface area (Å²) in [6.07, 6.45) is 17.2. The second-order valence-electron chi connectivity index (χ2n) is 25.7. The number of nitrogens with one attached hydrogen (secondary N) is 1. The minimum absolute atomic E-state index is 0.656. The maximum atomic E-state index is 5.50. The maximum Gasteiger partial charge on any atom is 0.225 e. The van der Waals surface area contributed by atoms with E-state index in [2.05, 4.69) is 181 Å². The molecule has 12 aromatic rings. The Balaban J connectivity index is 0.000000133. The van der Waals surface area contributed by atoms with Crippen molar-refractivity contribution in [1.82, 2.24) is 59.8 Å². The monoisotopic (exact) mass is 1410 g/mol. The lowest BCUT2D eigenvalue weighted by molar-refractivity contribution is 0.356. The van der Waals surface area contributed by atoms with Gasteiger partial charge in [-0.1, -0.05) is 78.4 Å². The molecule has 0 aliphatic carbocycles. The Morgan fingerprint density at radius 1 is 0.381 bits per heavy atom. The zero-order valence-corrected chi connectivity index (χ0v) is 60.4. The van der Waals surface area contributed by atoms with Crippen molar-refractivity contribution in [2.75, 3.05) is 179 Å². The number of rotatable bonds is 19. The molecule has 16 rings (SSSR count). The van der Waals surface area contributed by atoms with Gasteiger partial charge in [0, 0.05) is 145 Å². The Labute approximate surface area is 610 Å². The molecule has 0 spiro atoms. The van der Waals surface area contributed by atoms with E-state index < -0.39 is 0 Å². The molecule has 4 aliphatic heterocycles. The summed E-state index contributed by atoms with van der Waals surface area (Å²) >= 11 is 0. The summed E-state index contributed by atoms with van der Waals surface area (Å²) in [6.45, 7) is 14.3. The lowest BCUT2D eigenvalue weighted by atomic mass is 10.1. The summed E-state index contributed by atoms with van der Waals surface area (Å²) in [4.78, 5) is 72.9. The summed E-state index contributed by atoms with van der Waals surface area (Å²) < 4.78 is 32.8. The van der Waals surface area contributed by atoms with Crippen LogP contribution in [-0.2, 0) is 19.5 Å². The van der Waals surface area contributed by atoms with E-state index in [1.807, 2.05) is 79.6 Å². The molecule has 6 aromatic heterocycles. The van der Waals surface area contributed by atoms with Crippen LogP contribution >= 0.6 is 0 Å². The normalized spacial score (nSPS) is 14.3. The Morgan fingerprint density at radius 3 is 1.19 bits per heavy atom. The lowest BCUT2D eigenvalue weighted by Gasteiger charge is -2.35. The van der Waals surface area contributed by atoms with Gasteiger partial charge in [0.2, 0.25) is 17.8 Å². The first kappa shape index (κ1) is 69.7. The summed E-state index contributed by atoms with van der Waals surface area (Å²) in [5, 5.41) is 6.23. The molecule has 0 unspecified atom stereocenters. The van der Waals surface area contributed by atoms with Gasteiger partial charge in [-0.3, -0.25) is 0 Å².